The average molecular weight is 275 g/mol. The van der Waals surface area contributed by atoms with Crippen LogP contribution in [0.2, 0.25) is 0 Å². The molecule has 0 bridgehead atoms. The highest BCUT2D eigenvalue weighted by molar-refractivity contribution is 8.14. The Hall–Kier alpha value is -1.03. The lowest BCUT2D eigenvalue weighted by Gasteiger charge is -2.33. The zero-order chi connectivity index (χ0) is 13.3. The van der Waals surface area contributed by atoms with Gasteiger partial charge in [-0.2, -0.15) is 0 Å². The summed E-state index contributed by atoms with van der Waals surface area (Å²) in [5.41, 5.74) is 2.32. The van der Waals surface area contributed by atoms with Gasteiger partial charge < -0.3 is 5.32 Å². The maximum absolute atomic E-state index is 5.01. The summed E-state index contributed by atoms with van der Waals surface area (Å²) in [6.45, 7) is 4.39. The number of thioether (sulfide) groups is 1. The van der Waals surface area contributed by atoms with Gasteiger partial charge in [0.05, 0.1) is 16.9 Å². The standard InChI is InChI=1S/C15H21N3S/c1-11-5-3-7-15(9-11)10-19-14(18-15)17-13-6-4-8-16-12(13)2/h4,6,8,11H,3,5,7,9-10H2,1-2H3,(H,17,18). The normalized spacial score (nSPS) is 30.4. The van der Waals surface area contributed by atoms with E-state index in [1.54, 1.807) is 0 Å². The summed E-state index contributed by atoms with van der Waals surface area (Å²) in [5.74, 6) is 1.96. The predicted molar refractivity (Wildman–Crippen MR) is 82.9 cm³/mol. The van der Waals surface area contributed by atoms with Crippen molar-refractivity contribution in [3.8, 4) is 0 Å². The molecule has 2 aliphatic rings. The second-order valence-electron chi connectivity index (χ2n) is 5.89. The van der Waals surface area contributed by atoms with Crippen LogP contribution in [0.15, 0.2) is 23.3 Å². The number of nitrogens with one attached hydrogen (secondary N) is 1. The van der Waals surface area contributed by atoms with Crippen LogP contribution in [0.5, 0.6) is 0 Å². The number of hydrogen-bond donors (Lipinski definition) is 1. The highest BCUT2D eigenvalue weighted by atomic mass is 32.2. The summed E-state index contributed by atoms with van der Waals surface area (Å²) in [7, 11) is 0. The van der Waals surface area contributed by atoms with E-state index in [-0.39, 0.29) is 5.54 Å². The van der Waals surface area contributed by atoms with Crippen LogP contribution in [0, 0.1) is 12.8 Å². The minimum absolute atomic E-state index is 0.209. The van der Waals surface area contributed by atoms with E-state index in [1.807, 2.05) is 30.9 Å². The maximum atomic E-state index is 5.01. The number of nitrogens with zero attached hydrogens (tertiary/aromatic N) is 2. The van der Waals surface area contributed by atoms with Crippen LogP contribution in [-0.4, -0.2) is 21.4 Å². The van der Waals surface area contributed by atoms with Gasteiger partial charge in [-0.25, -0.2) is 0 Å². The lowest BCUT2D eigenvalue weighted by atomic mass is 9.78. The molecule has 3 rings (SSSR count). The lowest BCUT2D eigenvalue weighted by molar-refractivity contribution is 0.266. The molecule has 0 aromatic carbocycles. The number of amidine groups is 1. The molecule has 1 spiro atoms. The number of pyridine rings is 1. The van der Waals surface area contributed by atoms with Gasteiger partial charge in [0.15, 0.2) is 5.17 Å². The van der Waals surface area contributed by atoms with Gasteiger partial charge in [-0.1, -0.05) is 31.5 Å². The van der Waals surface area contributed by atoms with Gasteiger partial charge in [0.25, 0.3) is 0 Å². The Bertz CT molecular complexity index is 500. The summed E-state index contributed by atoms with van der Waals surface area (Å²) in [5, 5.41) is 4.52. The molecular formula is C15H21N3S. The Morgan fingerprint density at radius 3 is 3.16 bits per heavy atom. The van der Waals surface area contributed by atoms with Crippen molar-refractivity contribution in [1.82, 2.24) is 4.98 Å². The molecule has 102 valence electrons. The Labute approximate surface area is 119 Å². The molecule has 1 saturated carbocycles. The highest BCUT2D eigenvalue weighted by Gasteiger charge is 2.39. The minimum Gasteiger partial charge on any atom is -0.333 e. The number of aryl methyl sites for hydroxylation is 1. The molecule has 1 fully saturated rings. The molecule has 19 heavy (non-hydrogen) atoms. The van der Waals surface area contributed by atoms with Crippen LogP contribution < -0.4 is 5.32 Å². The molecule has 0 radical (unpaired) electrons. The molecule has 0 amide bonds. The molecule has 0 saturated heterocycles. The van der Waals surface area contributed by atoms with Gasteiger partial charge in [0.1, 0.15) is 0 Å². The number of hydrogen-bond acceptors (Lipinski definition) is 4. The largest absolute Gasteiger partial charge is 0.333 e. The smallest absolute Gasteiger partial charge is 0.161 e. The Morgan fingerprint density at radius 1 is 1.47 bits per heavy atom. The SMILES string of the molecule is Cc1ncccc1NC1=NC2(CCCC(C)C2)CS1. The Balaban J connectivity index is 1.75. The van der Waals surface area contributed by atoms with Crippen molar-refractivity contribution in [3.63, 3.8) is 0 Å². The van der Waals surface area contributed by atoms with E-state index in [4.69, 9.17) is 4.99 Å². The van der Waals surface area contributed by atoms with Crippen molar-refractivity contribution in [1.29, 1.82) is 0 Å². The molecule has 1 aliphatic heterocycles. The highest BCUT2D eigenvalue weighted by Crippen LogP contribution is 2.42. The van der Waals surface area contributed by atoms with Crippen molar-refractivity contribution in [2.45, 2.75) is 45.1 Å². The summed E-state index contributed by atoms with van der Waals surface area (Å²) in [6.07, 6.45) is 7.02. The molecule has 2 atom stereocenters. The van der Waals surface area contributed by atoms with Crippen LogP contribution in [-0.2, 0) is 0 Å². The Kier molecular flexibility index (Phi) is 3.52. The predicted octanol–water partition coefficient (Wildman–Crippen LogP) is 3.85. The topological polar surface area (TPSA) is 37.3 Å². The molecule has 2 heterocycles. The van der Waals surface area contributed by atoms with E-state index in [1.165, 1.54) is 25.7 Å². The van der Waals surface area contributed by atoms with E-state index in [0.29, 0.717) is 0 Å². The van der Waals surface area contributed by atoms with Crippen LogP contribution in [0.25, 0.3) is 0 Å². The van der Waals surface area contributed by atoms with Crippen molar-refractivity contribution >= 4 is 22.6 Å². The number of aliphatic imine (C=N–C) groups is 1. The number of anilines is 1. The summed E-state index contributed by atoms with van der Waals surface area (Å²) < 4.78 is 0. The van der Waals surface area contributed by atoms with E-state index in [0.717, 1.165) is 28.2 Å². The zero-order valence-corrected chi connectivity index (χ0v) is 12.5. The monoisotopic (exact) mass is 275 g/mol. The molecular weight excluding hydrogens is 254 g/mol. The molecule has 3 nitrogen and oxygen atoms in total. The quantitative estimate of drug-likeness (QED) is 0.845. The third kappa shape index (κ3) is 2.78. The molecule has 4 heteroatoms. The third-order valence-corrected chi connectivity index (χ3v) is 5.28. The van der Waals surface area contributed by atoms with E-state index in [9.17, 15) is 0 Å². The second kappa shape index (κ2) is 5.16. The molecule has 1 aliphatic carbocycles. The van der Waals surface area contributed by atoms with Gasteiger partial charge in [0.2, 0.25) is 0 Å². The first-order valence-electron chi connectivity index (χ1n) is 7.08. The van der Waals surface area contributed by atoms with Crippen LogP contribution in [0.4, 0.5) is 5.69 Å². The zero-order valence-electron chi connectivity index (χ0n) is 11.6. The molecule has 1 aromatic heterocycles. The Morgan fingerprint density at radius 2 is 2.37 bits per heavy atom. The first-order chi connectivity index (χ1) is 9.17. The first kappa shape index (κ1) is 13.0. The lowest BCUT2D eigenvalue weighted by Crippen LogP contribution is -2.33. The fourth-order valence-corrected chi connectivity index (χ4v) is 4.32. The van der Waals surface area contributed by atoms with Gasteiger partial charge in [-0.3, -0.25) is 9.98 Å². The first-order valence-corrected chi connectivity index (χ1v) is 8.07. The molecule has 1 N–H and O–H groups in total. The molecule has 2 unspecified atom stereocenters. The number of rotatable bonds is 1. The average Bonchev–Trinajstić information content (AvgIpc) is 2.75. The van der Waals surface area contributed by atoms with Gasteiger partial charge in [-0.15, -0.1) is 0 Å². The van der Waals surface area contributed by atoms with Crippen molar-refractivity contribution in [2.75, 3.05) is 11.1 Å². The van der Waals surface area contributed by atoms with Crippen molar-refractivity contribution < 1.29 is 0 Å². The van der Waals surface area contributed by atoms with Crippen LogP contribution in [0.3, 0.4) is 0 Å². The van der Waals surface area contributed by atoms with Crippen LogP contribution >= 0.6 is 11.8 Å². The fraction of sp³-hybridized carbons (Fsp3) is 0.600. The molecule has 1 aromatic rings. The fourth-order valence-electron chi connectivity index (χ4n) is 3.14. The van der Waals surface area contributed by atoms with Crippen molar-refractivity contribution in [2.24, 2.45) is 10.9 Å². The summed E-state index contributed by atoms with van der Waals surface area (Å²) in [4.78, 5) is 9.32. The van der Waals surface area contributed by atoms with E-state index >= 15 is 0 Å². The minimum atomic E-state index is 0.209. The third-order valence-electron chi connectivity index (χ3n) is 4.13. The summed E-state index contributed by atoms with van der Waals surface area (Å²) >= 11 is 1.86. The van der Waals surface area contributed by atoms with Gasteiger partial charge in [-0.05, 0) is 37.8 Å². The second-order valence-corrected chi connectivity index (χ2v) is 6.86. The maximum Gasteiger partial charge on any atom is 0.161 e. The van der Waals surface area contributed by atoms with Gasteiger partial charge >= 0.3 is 0 Å². The van der Waals surface area contributed by atoms with E-state index in [2.05, 4.69) is 23.3 Å². The number of aromatic nitrogens is 1. The van der Waals surface area contributed by atoms with E-state index < -0.39 is 0 Å². The van der Waals surface area contributed by atoms with Crippen molar-refractivity contribution in [3.05, 3.63) is 24.0 Å². The van der Waals surface area contributed by atoms with Crippen LogP contribution in [0.1, 0.15) is 38.3 Å². The summed E-state index contributed by atoms with van der Waals surface area (Å²) in [6, 6.07) is 4.04. The van der Waals surface area contributed by atoms with Gasteiger partial charge in [0, 0.05) is 11.9 Å².